The SMILES string of the molecule is Cc1cc(=O)[nH]c(Sc2ccc(CN)cn2)n1. The van der Waals surface area contributed by atoms with Crippen LogP contribution in [0.3, 0.4) is 0 Å². The van der Waals surface area contributed by atoms with Crippen molar-refractivity contribution in [3.8, 4) is 0 Å². The number of nitrogens with one attached hydrogen (secondary N) is 1. The Morgan fingerprint density at radius 2 is 2.29 bits per heavy atom. The van der Waals surface area contributed by atoms with Crippen LogP contribution in [-0.4, -0.2) is 15.0 Å². The van der Waals surface area contributed by atoms with Crippen LogP contribution in [0.5, 0.6) is 0 Å². The van der Waals surface area contributed by atoms with Gasteiger partial charge in [-0.1, -0.05) is 6.07 Å². The molecule has 0 bridgehead atoms. The Bertz CT molecular complexity index is 564. The first kappa shape index (κ1) is 11.8. The zero-order valence-corrected chi connectivity index (χ0v) is 10.1. The van der Waals surface area contributed by atoms with Crippen LogP contribution in [0.2, 0.25) is 0 Å². The van der Waals surface area contributed by atoms with Gasteiger partial charge < -0.3 is 10.7 Å². The summed E-state index contributed by atoms with van der Waals surface area (Å²) in [5.74, 6) is 0. The molecule has 2 aromatic heterocycles. The van der Waals surface area contributed by atoms with Crippen molar-refractivity contribution >= 4 is 11.8 Å². The van der Waals surface area contributed by atoms with Gasteiger partial charge in [0, 0.05) is 24.5 Å². The summed E-state index contributed by atoms with van der Waals surface area (Å²) in [4.78, 5) is 22.4. The number of pyridine rings is 1. The predicted octanol–water partition coefficient (Wildman–Crippen LogP) is 1.08. The number of aryl methyl sites for hydroxylation is 1. The van der Waals surface area contributed by atoms with Crippen LogP contribution in [0.15, 0.2) is 39.4 Å². The fourth-order valence-electron chi connectivity index (χ4n) is 1.29. The van der Waals surface area contributed by atoms with Crippen molar-refractivity contribution in [2.45, 2.75) is 23.7 Å². The summed E-state index contributed by atoms with van der Waals surface area (Å²) in [5, 5.41) is 1.32. The molecule has 5 nitrogen and oxygen atoms in total. The summed E-state index contributed by atoms with van der Waals surface area (Å²) in [7, 11) is 0. The highest BCUT2D eigenvalue weighted by Crippen LogP contribution is 2.21. The lowest BCUT2D eigenvalue weighted by Crippen LogP contribution is -2.08. The molecule has 0 aliphatic heterocycles. The maximum atomic E-state index is 11.3. The van der Waals surface area contributed by atoms with Gasteiger partial charge in [-0.2, -0.15) is 0 Å². The molecule has 88 valence electrons. The molecule has 2 rings (SSSR count). The number of hydrogen-bond acceptors (Lipinski definition) is 5. The number of aromatic amines is 1. The lowest BCUT2D eigenvalue weighted by molar-refractivity contribution is 0.900. The molecular formula is C11H12N4OS. The highest BCUT2D eigenvalue weighted by molar-refractivity contribution is 7.99. The van der Waals surface area contributed by atoms with Crippen LogP contribution in [0, 0.1) is 6.92 Å². The minimum absolute atomic E-state index is 0.154. The van der Waals surface area contributed by atoms with Crippen molar-refractivity contribution in [1.82, 2.24) is 15.0 Å². The highest BCUT2D eigenvalue weighted by atomic mass is 32.2. The summed E-state index contributed by atoms with van der Waals surface area (Å²) < 4.78 is 0. The first-order valence-corrected chi connectivity index (χ1v) is 5.90. The van der Waals surface area contributed by atoms with E-state index in [2.05, 4.69) is 15.0 Å². The van der Waals surface area contributed by atoms with Crippen molar-refractivity contribution in [2.75, 3.05) is 0 Å². The van der Waals surface area contributed by atoms with Gasteiger partial charge in [0.25, 0.3) is 5.56 Å². The van der Waals surface area contributed by atoms with Gasteiger partial charge in [-0.15, -0.1) is 0 Å². The van der Waals surface area contributed by atoms with Gasteiger partial charge in [-0.3, -0.25) is 4.79 Å². The van der Waals surface area contributed by atoms with Gasteiger partial charge in [0.05, 0.1) is 0 Å². The van der Waals surface area contributed by atoms with Gasteiger partial charge in [0.2, 0.25) is 0 Å². The van der Waals surface area contributed by atoms with Crippen LogP contribution >= 0.6 is 11.8 Å². The maximum absolute atomic E-state index is 11.3. The minimum Gasteiger partial charge on any atom is -0.326 e. The second-order valence-corrected chi connectivity index (χ2v) is 4.51. The van der Waals surface area contributed by atoms with E-state index >= 15 is 0 Å². The lowest BCUT2D eigenvalue weighted by Gasteiger charge is -2.01. The van der Waals surface area contributed by atoms with Gasteiger partial charge in [-0.05, 0) is 30.3 Å². The van der Waals surface area contributed by atoms with Gasteiger partial charge in [0.15, 0.2) is 5.16 Å². The molecule has 0 atom stereocenters. The average Bonchev–Trinajstić information content (AvgIpc) is 2.28. The zero-order valence-electron chi connectivity index (χ0n) is 9.30. The standard InChI is InChI=1S/C11H12N4OS/c1-7-4-9(16)15-11(14-7)17-10-3-2-8(5-12)6-13-10/h2-4,6H,5,12H2,1H3,(H,14,15,16). The van der Waals surface area contributed by atoms with Crippen LogP contribution in [0.25, 0.3) is 0 Å². The smallest absolute Gasteiger partial charge is 0.251 e. The van der Waals surface area contributed by atoms with E-state index in [1.807, 2.05) is 12.1 Å². The van der Waals surface area contributed by atoms with Crippen LogP contribution in [0.4, 0.5) is 0 Å². The molecule has 0 amide bonds. The van der Waals surface area contributed by atoms with E-state index in [0.717, 1.165) is 10.6 Å². The largest absolute Gasteiger partial charge is 0.326 e. The second-order valence-electron chi connectivity index (χ2n) is 3.50. The fraction of sp³-hybridized carbons (Fsp3) is 0.182. The van der Waals surface area contributed by atoms with E-state index in [-0.39, 0.29) is 5.56 Å². The molecular weight excluding hydrogens is 236 g/mol. The molecule has 0 unspecified atom stereocenters. The number of H-pyrrole nitrogens is 1. The minimum atomic E-state index is -0.154. The van der Waals surface area contributed by atoms with Crippen LogP contribution in [0.1, 0.15) is 11.3 Å². The third-order valence-corrected chi connectivity index (χ3v) is 2.92. The van der Waals surface area contributed by atoms with Crippen molar-refractivity contribution in [3.05, 3.63) is 46.0 Å². The van der Waals surface area contributed by atoms with E-state index in [0.29, 0.717) is 17.4 Å². The van der Waals surface area contributed by atoms with Crippen molar-refractivity contribution in [3.63, 3.8) is 0 Å². The number of nitrogens with zero attached hydrogens (tertiary/aromatic N) is 2. The van der Waals surface area contributed by atoms with E-state index < -0.39 is 0 Å². The lowest BCUT2D eigenvalue weighted by atomic mass is 10.3. The quantitative estimate of drug-likeness (QED) is 0.794. The molecule has 2 heterocycles. The molecule has 0 spiro atoms. The summed E-state index contributed by atoms with van der Waals surface area (Å²) in [5.41, 5.74) is 6.99. The van der Waals surface area contributed by atoms with E-state index in [1.54, 1.807) is 13.1 Å². The molecule has 0 radical (unpaired) electrons. The highest BCUT2D eigenvalue weighted by Gasteiger charge is 2.02. The third kappa shape index (κ3) is 3.15. The average molecular weight is 248 g/mol. The molecule has 0 aliphatic rings. The van der Waals surface area contributed by atoms with Crippen LogP contribution in [-0.2, 0) is 6.54 Å². The van der Waals surface area contributed by atoms with E-state index in [4.69, 9.17) is 5.73 Å². The normalized spacial score (nSPS) is 10.5. The Kier molecular flexibility index (Phi) is 3.55. The Balaban J connectivity index is 2.22. The molecule has 0 saturated heterocycles. The third-order valence-electron chi connectivity index (χ3n) is 2.08. The Morgan fingerprint density at radius 1 is 1.47 bits per heavy atom. The summed E-state index contributed by atoms with van der Waals surface area (Å²) in [6.45, 7) is 2.25. The number of aromatic nitrogens is 3. The first-order valence-electron chi connectivity index (χ1n) is 5.08. The molecule has 0 fully saturated rings. The maximum Gasteiger partial charge on any atom is 0.251 e. The van der Waals surface area contributed by atoms with Crippen LogP contribution < -0.4 is 11.3 Å². The Hall–Kier alpha value is -1.66. The number of rotatable bonds is 3. The van der Waals surface area contributed by atoms with Gasteiger partial charge in [-0.25, -0.2) is 9.97 Å². The van der Waals surface area contributed by atoms with Crippen molar-refractivity contribution in [1.29, 1.82) is 0 Å². The molecule has 17 heavy (non-hydrogen) atoms. The molecule has 0 aromatic carbocycles. The fourth-order valence-corrected chi connectivity index (χ4v) is 2.07. The van der Waals surface area contributed by atoms with Gasteiger partial charge >= 0.3 is 0 Å². The molecule has 6 heteroatoms. The topological polar surface area (TPSA) is 84.7 Å². The number of hydrogen-bond donors (Lipinski definition) is 2. The molecule has 0 aliphatic carbocycles. The first-order chi connectivity index (χ1) is 8.17. The summed E-state index contributed by atoms with van der Waals surface area (Å²) in [6, 6.07) is 5.22. The van der Waals surface area contributed by atoms with Gasteiger partial charge in [0.1, 0.15) is 5.03 Å². The van der Waals surface area contributed by atoms with E-state index in [9.17, 15) is 4.79 Å². The zero-order chi connectivity index (χ0) is 12.3. The summed E-state index contributed by atoms with van der Waals surface area (Å²) >= 11 is 1.32. The van der Waals surface area contributed by atoms with E-state index in [1.165, 1.54) is 17.8 Å². The molecule has 3 N–H and O–H groups in total. The van der Waals surface area contributed by atoms with Crippen molar-refractivity contribution < 1.29 is 0 Å². The monoisotopic (exact) mass is 248 g/mol. The molecule has 0 saturated carbocycles. The predicted molar refractivity (Wildman–Crippen MR) is 65.8 cm³/mol. The van der Waals surface area contributed by atoms with Crippen molar-refractivity contribution in [2.24, 2.45) is 5.73 Å². The Morgan fingerprint density at radius 3 is 2.88 bits per heavy atom. The summed E-state index contributed by atoms with van der Waals surface area (Å²) in [6.07, 6.45) is 1.72. The Labute approximate surface area is 103 Å². The second kappa shape index (κ2) is 5.11. The number of nitrogens with two attached hydrogens (primary N) is 1. The molecule has 2 aromatic rings.